The summed E-state index contributed by atoms with van der Waals surface area (Å²) in [5.74, 6) is 0. The van der Waals surface area contributed by atoms with E-state index >= 15 is 0 Å². The van der Waals surface area contributed by atoms with Gasteiger partial charge in [-0.3, -0.25) is 0 Å². The highest BCUT2D eigenvalue weighted by atomic mass is 15.2. The van der Waals surface area contributed by atoms with Gasteiger partial charge in [0.25, 0.3) is 0 Å². The van der Waals surface area contributed by atoms with Crippen molar-refractivity contribution in [1.29, 1.82) is 0 Å². The summed E-state index contributed by atoms with van der Waals surface area (Å²) in [6.07, 6.45) is 5.31. The van der Waals surface area contributed by atoms with Gasteiger partial charge in [-0.15, -0.1) is 0 Å². The highest BCUT2D eigenvalue weighted by Gasteiger charge is 2.26. The maximum absolute atomic E-state index is 3.91. The molecule has 0 aromatic carbocycles. The Morgan fingerprint density at radius 1 is 1.00 bits per heavy atom. The molecule has 3 nitrogen and oxygen atoms in total. The fourth-order valence-corrected chi connectivity index (χ4v) is 3.36. The van der Waals surface area contributed by atoms with Crippen LogP contribution in [0, 0.1) is 0 Å². The predicted molar refractivity (Wildman–Crippen MR) is 78.0 cm³/mol. The second kappa shape index (κ2) is 6.36. The second-order valence-corrected chi connectivity index (χ2v) is 6.62. The van der Waals surface area contributed by atoms with Crippen LogP contribution in [-0.4, -0.2) is 60.6 Å². The Kier molecular flexibility index (Phi) is 5.05. The largest absolute Gasteiger partial charge is 0.311 e. The van der Waals surface area contributed by atoms with E-state index in [0.29, 0.717) is 6.04 Å². The maximum Gasteiger partial charge on any atom is 0.00966 e. The Hall–Kier alpha value is -0.120. The molecule has 0 aromatic heterocycles. The van der Waals surface area contributed by atoms with Gasteiger partial charge in [-0.2, -0.15) is 0 Å². The summed E-state index contributed by atoms with van der Waals surface area (Å²) >= 11 is 0. The Bertz CT molecular complexity index is 246. The van der Waals surface area contributed by atoms with E-state index in [4.69, 9.17) is 0 Å². The molecule has 2 aliphatic heterocycles. The van der Waals surface area contributed by atoms with E-state index in [-0.39, 0.29) is 0 Å². The van der Waals surface area contributed by atoms with Crippen LogP contribution in [0.25, 0.3) is 0 Å². The first-order valence-corrected chi connectivity index (χ1v) is 7.76. The minimum Gasteiger partial charge on any atom is -0.311 e. The summed E-state index contributed by atoms with van der Waals surface area (Å²) in [5, 5.41) is 3.91. The average molecular weight is 253 g/mol. The van der Waals surface area contributed by atoms with Gasteiger partial charge < -0.3 is 15.1 Å². The van der Waals surface area contributed by atoms with Crippen molar-refractivity contribution in [1.82, 2.24) is 15.1 Å². The van der Waals surface area contributed by atoms with Crippen LogP contribution in [0.3, 0.4) is 0 Å². The lowest BCUT2D eigenvalue weighted by atomic mass is 9.96. The number of hydrogen-bond donors (Lipinski definition) is 1. The van der Waals surface area contributed by atoms with Crippen molar-refractivity contribution in [3.8, 4) is 0 Å². The van der Waals surface area contributed by atoms with Gasteiger partial charge in [-0.05, 0) is 73.1 Å². The van der Waals surface area contributed by atoms with E-state index < -0.39 is 0 Å². The van der Waals surface area contributed by atoms with E-state index in [1.807, 2.05) is 0 Å². The van der Waals surface area contributed by atoms with Gasteiger partial charge in [-0.1, -0.05) is 0 Å². The van der Waals surface area contributed by atoms with Crippen molar-refractivity contribution in [3.63, 3.8) is 0 Å². The standard InChI is InChI=1S/C15H31N3/c1-12(2)18-9-6-14(7-10-18)16-15-5-8-17(4)13(3)11-15/h12-16H,5-11H2,1-4H3. The lowest BCUT2D eigenvalue weighted by molar-refractivity contribution is 0.130. The number of piperidine rings is 2. The van der Waals surface area contributed by atoms with Crippen LogP contribution in [0.1, 0.15) is 46.5 Å². The van der Waals surface area contributed by atoms with Crippen LogP contribution in [0.4, 0.5) is 0 Å². The van der Waals surface area contributed by atoms with Crippen LogP contribution >= 0.6 is 0 Å². The summed E-state index contributed by atoms with van der Waals surface area (Å²) in [7, 11) is 2.25. The number of likely N-dealkylation sites (tertiary alicyclic amines) is 2. The van der Waals surface area contributed by atoms with Crippen molar-refractivity contribution in [2.24, 2.45) is 0 Å². The lowest BCUT2D eigenvalue weighted by Crippen LogP contribution is -2.52. The zero-order valence-corrected chi connectivity index (χ0v) is 12.7. The molecule has 2 heterocycles. The highest BCUT2D eigenvalue weighted by Crippen LogP contribution is 2.19. The van der Waals surface area contributed by atoms with Crippen molar-refractivity contribution < 1.29 is 0 Å². The lowest BCUT2D eigenvalue weighted by Gasteiger charge is -2.40. The molecular weight excluding hydrogens is 222 g/mol. The van der Waals surface area contributed by atoms with Gasteiger partial charge in [0.05, 0.1) is 0 Å². The van der Waals surface area contributed by atoms with Crippen molar-refractivity contribution >= 4 is 0 Å². The summed E-state index contributed by atoms with van der Waals surface area (Å²) in [5.41, 5.74) is 0. The Morgan fingerprint density at radius 3 is 2.17 bits per heavy atom. The highest BCUT2D eigenvalue weighted by molar-refractivity contribution is 4.86. The molecule has 0 aromatic rings. The number of hydrogen-bond acceptors (Lipinski definition) is 3. The minimum atomic E-state index is 0.717. The molecule has 0 amide bonds. The molecule has 0 spiro atoms. The molecule has 0 bridgehead atoms. The molecule has 2 saturated heterocycles. The van der Waals surface area contributed by atoms with E-state index in [1.54, 1.807) is 0 Å². The molecule has 106 valence electrons. The summed E-state index contributed by atoms with van der Waals surface area (Å²) in [4.78, 5) is 5.09. The quantitative estimate of drug-likeness (QED) is 0.829. The predicted octanol–water partition coefficient (Wildman–Crippen LogP) is 1.93. The van der Waals surface area contributed by atoms with Gasteiger partial charge in [0.2, 0.25) is 0 Å². The molecule has 3 heteroatoms. The van der Waals surface area contributed by atoms with Crippen LogP contribution < -0.4 is 5.32 Å². The van der Waals surface area contributed by atoms with E-state index in [1.165, 1.54) is 45.3 Å². The van der Waals surface area contributed by atoms with Gasteiger partial charge in [0.15, 0.2) is 0 Å². The smallest absolute Gasteiger partial charge is 0.00966 e. The van der Waals surface area contributed by atoms with Crippen molar-refractivity contribution in [2.75, 3.05) is 26.7 Å². The SMILES string of the molecule is CC1CC(NC2CCN(C(C)C)CC2)CCN1C. The van der Waals surface area contributed by atoms with Crippen LogP contribution in [0.15, 0.2) is 0 Å². The molecule has 0 aliphatic carbocycles. The second-order valence-electron chi connectivity index (χ2n) is 6.62. The van der Waals surface area contributed by atoms with Crippen LogP contribution in [0.2, 0.25) is 0 Å². The maximum atomic E-state index is 3.91. The zero-order chi connectivity index (χ0) is 13.1. The van der Waals surface area contributed by atoms with Gasteiger partial charge in [0, 0.05) is 24.2 Å². The number of rotatable bonds is 3. The van der Waals surface area contributed by atoms with Gasteiger partial charge >= 0.3 is 0 Å². The first kappa shape index (κ1) is 14.3. The molecule has 2 unspecified atom stereocenters. The van der Waals surface area contributed by atoms with E-state index in [0.717, 1.165) is 18.1 Å². The Morgan fingerprint density at radius 2 is 1.61 bits per heavy atom. The molecule has 2 rings (SSSR count). The molecule has 18 heavy (non-hydrogen) atoms. The van der Waals surface area contributed by atoms with Gasteiger partial charge in [0.1, 0.15) is 0 Å². The first-order valence-electron chi connectivity index (χ1n) is 7.76. The molecule has 0 saturated carbocycles. The molecule has 2 atom stereocenters. The van der Waals surface area contributed by atoms with Crippen LogP contribution in [-0.2, 0) is 0 Å². The van der Waals surface area contributed by atoms with Crippen molar-refractivity contribution in [2.45, 2.75) is 70.6 Å². The molecular formula is C15H31N3. The summed E-state index contributed by atoms with van der Waals surface area (Å²) in [6.45, 7) is 10.8. The zero-order valence-electron chi connectivity index (χ0n) is 12.7. The third-order valence-corrected chi connectivity index (χ3v) is 4.94. The molecule has 2 aliphatic rings. The van der Waals surface area contributed by atoms with E-state index in [2.05, 4.69) is 42.9 Å². The molecule has 1 N–H and O–H groups in total. The number of nitrogens with zero attached hydrogens (tertiary/aromatic N) is 2. The fraction of sp³-hybridized carbons (Fsp3) is 1.00. The summed E-state index contributed by atoms with van der Waals surface area (Å²) < 4.78 is 0. The summed E-state index contributed by atoms with van der Waals surface area (Å²) in [6, 6.07) is 2.98. The third-order valence-electron chi connectivity index (χ3n) is 4.94. The first-order chi connectivity index (χ1) is 8.56. The monoisotopic (exact) mass is 253 g/mol. The third kappa shape index (κ3) is 3.69. The topological polar surface area (TPSA) is 18.5 Å². The fourth-order valence-electron chi connectivity index (χ4n) is 3.36. The van der Waals surface area contributed by atoms with E-state index in [9.17, 15) is 0 Å². The molecule has 2 fully saturated rings. The normalized spacial score (nSPS) is 33.2. The number of nitrogens with one attached hydrogen (secondary N) is 1. The van der Waals surface area contributed by atoms with Crippen molar-refractivity contribution in [3.05, 3.63) is 0 Å². The average Bonchev–Trinajstić information content (AvgIpc) is 2.34. The van der Waals surface area contributed by atoms with Gasteiger partial charge in [-0.25, -0.2) is 0 Å². The molecule has 0 radical (unpaired) electrons. The van der Waals surface area contributed by atoms with Crippen LogP contribution in [0.5, 0.6) is 0 Å². The Balaban J connectivity index is 1.72. The Labute approximate surface area is 113 Å². The minimum absolute atomic E-state index is 0.717.